The Balaban J connectivity index is 2.66. The van der Waals surface area contributed by atoms with E-state index in [0.717, 1.165) is 6.42 Å². The van der Waals surface area contributed by atoms with Gasteiger partial charge < -0.3 is 0 Å². The van der Waals surface area contributed by atoms with Gasteiger partial charge in [-0.1, -0.05) is 0 Å². The monoisotopic (exact) mass is 176 g/mol. The van der Waals surface area contributed by atoms with Crippen LogP contribution in [0.4, 0.5) is 0 Å². The van der Waals surface area contributed by atoms with Gasteiger partial charge in [0.15, 0.2) is 9.84 Å². The Morgan fingerprint density at radius 3 is 2.55 bits per heavy atom. The van der Waals surface area contributed by atoms with Crippen LogP contribution in [-0.4, -0.2) is 25.2 Å². The standard InChI is InChI=1S/C7H12O3S/c1-6(8)5-7-3-2-4-11(7,9)10/h7H,2-5H2,1H3. The van der Waals surface area contributed by atoms with Crippen LogP contribution in [0.15, 0.2) is 0 Å². The van der Waals surface area contributed by atoms with Crippen molar-refractivity contribution in [2.45, 2.75) is 31.4 Å². The fourth-order valence-corrected chi connectivity index (χ4v) is 3.32. The van der Waals surface area contributed by atoms with Gasteiger partial charge in [0.25, 0.3) is 0 Å². The average molecular weight is 176 g/mol. The van der Waals surface area contributed by atoms with Crippen LogP contribution in [0, 0.1) is 0 Å². The van der Waals surface area contributed by atoms with E-state index in [4.69, 9.17) is 0 Å². The number of rotatable bonds is 2. The van der Waals surface area contributed by atoms with Crippen molar-refractivity contribution in [2.75, 3.05) is 5.75 Å². The van der Waals surface area contributed by atoms with Gasteiger partial charge >= 0.3 is 0 Å². The number of carbonyl (C=O) groups is 1. The Morgan fingerprint density at radius 2 is 2.18 bits per heavy atom. The van der Waals surface area contributed by atoms with Gasteiger partial charge in [-0.3, -0.25) is 4.79 Å². The van der Waals surface area contributed by atoms with Gasteiger partial charge in [0.2, 0.25) is 0 Å². The summed E-state index contributed by atoms with van der Waals surface area (Å²) in [5.74, 6) is 0.241. The summed E-state index contributed by atoms with van der Waals surface area (Å²) >= 11 is 0. The average Bonchev–Trinajstić information content (AvgIpc) is 2.10. The molecule has 0 radical (unpaired) electrons. The molecule has 1 saturated heterocycles. The molecule has 4 heteroatoms. The molecule has 0 aliphatic carbocycles. The zero-order chi connectivity index (χ0) is 8.48. The van der Waals surface area contributed by atoms with Crippen LogP contribution in [0.5, 0.6) is 0 Å². The molecule has 1 heterocycles. The SMILES string of the molecule is CC(=O)CC1CCCS1(=O)=O. The maximum Gasteiger partial charge on any atom is 0.153 e. The van der Waals surface area contributed by atoms with Gasteiger partial charge in [0, 0.05) is 6.42 Å². The first-order chi connectivity index (χ1) is 5.02. The molecule has 64 valence electrons. The summed E-state index contributed by atoms with van der Waals surface area (Å²) in [5, 5.41) is -0.375. The summed E-state index contributed by atoms with van der Waals surface area (Å²) in [7, 11) is -2.90. The van der Waals surface area contributed by atoms with E-state index in [9.17, 15) is 13.2 Å². The predicted octanol–water partition coefficient (Wildman–Crippen LogP) is 0.543. The molecular weight excluding hydrogens is 164 g/mol. The number of Topliss-reactive ketones (excluding diaryl/α,β-unsaturated/α-hetero) is 1. The molecule has 0 aromatic rings. The number of ketones is 1. The summed E-state index contributed by atoms with van der Waals surface area (Å²) in [6.45, 7) is 1.44. The van der Waals surface area contributed by atoms with Crippen molar-refractivity contribution in [3.05, 3.63) is 0 Å². The van der Waals surface area contributed by atoms with Crippen LogP contribution < -0.4 is 0 Å². The molecule has 11 heavy (non-hydrogen) atoms. The van der Waals surface area contributed by atoms with Crippen molar-refractivity contribution in [1.29, 1.82) is 0 Å². The molecule has 0 spiro atoms. The minimum atomic E-state index is -2.90. The molecule has 1 aliphatic rings. The van der Waals surface area contributed by atoms with E-state index in [1.165, 1.54) is 6.92 Å². The second kappa shape index (κ2) is 2.93. The van der Waals surface area contributed by atoms with Gasteiger partial charge in [-0.15, -0.1) is 0 Å². The normalized spacial score (nSPS) is 28.6. The van der Waals surface area contributed by atoms with Gasteiger partial charge in [-0.2, -0.15) is 0 Å². The molecule has 1 aliphatic heterocycles. The lowest BCUT2D eigenvalue weighted by Gasteiger charge is -2.04. The third-order valence-electron chi connectivity index (χ3n) is 1.98. The Bertz CT molecular complexity index is 253. The third kappa shape index (κ3) is 2.02. The number of carbonyl (C=O) groups excluding carboxylic acids is 1. The Morgan fingerprint density at radius 1 is 1.55 bits per heavy atom. The molecular formula is C7H12O3S. The molecule has 0 aromatic heterocycles. The minimum Gasteiger partial charge on any atom is -0.300 e. The third-order valence-corrected chi connectivity index (χ3v) is 4.25. The summed E-state index contributed by atoms with van der Waals surface area (Å²) in [4.78, 5) is 10.6. The molecule has 3 nitrogen and oxygen atoms in total. The van der Waals surface area contributed by atoms with Crippen LogP contribution >= 0.6 is 0 Å². The smallest absolute Gasteiger partial charge is 0.153 e. The van der Waals surface area contributed by atoms with Crippen molar-refractivity contribution in [1.82, 2.24) is 0 Å². The molecule has 0 amide bonds. The molecule has 1 rings (SSSR count). The van der Waals surface area contributed by atoms with Crippen molar-refractivity contribution in [3.63, 3.8) is 0 Å². The quantitative estimate of drug-likeness (QED) is 0.617. The number of hydrogen-bond acceptors (Lipinski definition) is 3. The summed E-state index contributed by atoms with van der Waals surface area (Å²) < 4.78 is 22.3. The highest BCUT2D eigenvalue weighted by molar-refractivity contribution is 7.92. The largest absolute Gasteiger partial charge is 0.300 e. The zero-order valence-corrected chi connectivity index (χ0v) is 7.36. The molecule has 0 N–H and O–H groups in total. The molecule has 0 bridgehead atoms. The highest BCUT2D eigenvalue weighted by atomic mass is 32.2. The van der Waals surface area contributed by atoms with Gasteiger partial charge in [0.05, 0.1) is 11.0 Å². The van der Waals surface area contributed by atoms with Gasteiger partial charge in [0.1, 0.15) is 5.78 Å². The Kier molecular flexibility index (Phi) is 2.32. The molecule has 1 unspecified atom stereocenters. The number of sulfone groups is 1. The fraction of sp³-hybridized carbons (Fsp3) is 0.857. The Hall–Kier alpha value is -0.380. The fourth-order valence-electron chi connectivity index (χ4n) is 1.41. The van der Waals surface area contributed by atoms with Crippen LogP contribution in [0.3, 0.4) is 0 Å². The van der Waals surface area contributed by atoms with E-state index in [1.807, 2.05) is 0 Å². The second-order valence-electron chi connectivity index (χ2n) is 3.04. The Labute approximate surface area is 66.7 Å². The highest BCUT2D eigenvalue weighted by Gasteiger charge is 2.31. The maximum absolute atomic E-state index is 11.1. The minimum absolute atomic E-state index is 0.0273. The van der Waals surface area contributed by atoms with E-state index in [1.54, 1.807) is 0 Å². The summed E-state index contributed by atoms with van der Waals surface area (Å²) in [5.41, 5.74) is 0. The lowest BCUT2D eigenvalue weighted by atomic mass is 10.1. The zero-order valence-electron chi connectivity index (χ0n) is 6.54. The van der Waals surface area contributed by atoms with E-state index in [0.29, 0.717) is 6.42 Å². The maximum atomic E-state index is 11.1. The van der Waals surface area contributed by atoms with Gasteiger partial charge in [-0.25, -0.2) is 8.42 Å². The number of hydrogen-bond donors (Lipinski definition) is 0. The van der Waals surface area contributed by atoms with Crippen LogP contribution in [0.1, 0.15) is 26.2 Å². The molecule has 0 aromatic carbocycles. The van der Waals surface area contributed by atoms with E-state index in [2.05, 4.69) is 0 Å². The summed E-state index contributed by atoms with van der Waals surface area (Å²) in [6, 6.07) is 0. The van der Waals surface area contributed by atoms with E-state index >= 15 is 0 Å². The molecule has 0 saturated carbocycles. The van der Waals surface area contributed by atoms with E-state index < -0.39 is 9.84 Å². The van der Waals surface area contributed by atoms with Crippen molar-refractivity contribution in [2.24, 2.45) is 0 Å². The molecule has 1 fully saturated rings. The summed E-state index contributed by atoms with van der Waals surface area (Å²) in [6.07, 6.45) is 1.60. The first-order valence-corrected chi connectivity index (χ1v) is 5.45. The first-order valence-electron chi connectivity index (χ1n) is 3.73. The van der Waals surface area contributed by atoms with Crippen LogP contribution in [-0.2, 0) is 14.6 Å². The van der Waals surface area contributed by atoms with Crippen molar-refractivity contribution in [3.8, 4) is 0 Å². The lowest BCUT2D eigenvalue weighted by Crippen LogP contribution is -2.18. The van der Waals surface area contributed by atoms with E-state index in [-0.39, 0.29) is 23.2 Å². The lowest BCUT2D eigenvalue weighted by molar-refractivity contribution is -0.117. The topological polar surface area (TPSA) is 51.2 Å². The second-order valence-corrected chi connectivity index (χ2v) is 5.44. The molecule has 1 atom stereocenters. The van der Waals surface area contributed by atoms with Crippen molar-refractivity contribution < 1.29 is 13.2 Å². The first kappa shape index (κ1) is 8.71. The predicted molar refractivity (Wildman–Crippen MR) is 42.1 cm³/mol. The highest BCUT2D eigenvalue weighted by Crippen LogP contribution is 2.22. The van der Waals surface area contributed by atoms with Gasteiger partial charge in [-0.05, 0) is 19.8 Å². The van der Waals surface area contributed by atoms with Crippen molar-refractivity contribution >= 4 is 15.6 Å². The van der Waals surface area contributed by atoms with Crippen LogP contribution in [0.25, 0.3) is 0 Å². The van der Waals surface area contributed by atoms with Crippen LogP contribution in [0.2, 0.25) is 0 Å².